The van der Waals surface area contributed by atoms with Crippen LogP contribution in [0, 0.1) is 5.41 Å². The molecule has 0 N–H and O–H groups in total. The molecule has 0 bridgehead atoms. The fourth-order valence-electron chi connectivity index (χ4n) is 3.16. The summed E-state index contributed by atoms with van der Waals surface area (Å²) in [6.45, 7) is 6.94. The molecule has 0 saturated carbocycles. The molecule has 0 aliphatic heterocycles. The van der Waals surface area contributed by atoms with Gasteiger partial charge in [0.2, 0.25) is 0 Å². The van der Waals surface area contributed by atoms with Gasteiger partial charge in [0.15, 0.2) is 0 Å². The van der Waals surface area contributed by atoms with Crippen LogP contribution < -0.4 is 0 Å². The van der Waals surface area contributed by atoms with Crippen molar-refractivity contribution in [2.75, 3.05) is 0 Å². The van der Waals surface area contributed by atoms with E-state index in [0.29, 0.717) is 0 Å². The number of allylic oxidation sites excluding steroid dienone is 3. The molecule has 3 rings (SSSR count). The third-order valence-corrected chi connectivity index (χ3v) is 4.42. The zero-order valence-corrected chi connectivity index (χ0v) is 13.8. The normalized spacial score (nSPS) is 14.9. The minimum absolute atomic E-state index is 0.264. The highest BCUT2D eigenvalue weighted by Gasteiger charge is 2.23. The summed E-state index contributed by atoms with van der Waals surface area (Å²) in [5, 5.41) is 0. The largest absolute Gasteiger partial charge is 0.0642 e. The number of benzene rings is 2. The Morgan fingerprint density at radius 1 is 0.727 bits per heavy atom. The summed E-state index contributed by atoms with van der Waals surface area (Å²) < 4.78 is 0. The molecule has 0 fully saturated rings. The van der Waals surface area contributed by atoms with Crippen LogP contribution in [0.25, 0.3) is 5.57 Å². The summed E-state index contributed by atoms with van der Waals surface area (Å²) in [5.74, 6) is 0. The average Bonchev–Trinajstić information content (AvgIpc) is 2.99. The molecule has 2 aromatic carbocycles. The second kappa shape index (κ2) is 5.96. The van der Waals surface area contributed by atoms with Gasteiger partial charge in [0.1, 0.15) is 0 Å². The van der Waals surface area contributed by atoms with E-state index < -0.39 is 0 Å². The van der Waals surface area contributed by atoms with Crippen molar-refractivity contribution in [2.45, 2.75) is 33.6 Å². The van der Waals surface area contributed by atoms with Crippen LogP contribution >= 0.6 is 0 Å². The molecule has 2 aromatic rings. The first kappa shape index (κ1) is 14.8. The Bertz CT molecular complexity index is 653. The lowest BCUT2D eigenvalue weighted by Crippen LogP contribution is -2.06. The van der Waals surface area contributed by atoms with E-state index in [0.717, 1.165) is 6.42 Å². The van der Waals surface area contributed by atoms with Crippen LogP contribution in [0.3, 0.4) is 0 Å². The minimum atomic E-state index is 0.264. The van der Waals surface area contributed by atoms with Crippen molar-refractivity contribution in [3.8, 4) is 0 Å². The maximum absolute atomic E-state index is 2.44. The highest BCUT2D eigenvalue weighted by molar-refractivity contribution is 5.84. The summed E-state index contributed by atoms with van der Waals surface area (Å²) in [5.41, 5.74) is 7.32. The van der Waals surface area contributed by atoms with E-state index in [-0.39, 0.29) is 5.41 Å². The molecule has 0 spiro atoms. The molecule has 0 aromatic heterocycles. The van der Waals surface area contributed by atoms with E-state index in [1.165, 1.54) is 28.7 Å². The van der Waals surface area contributed by atoms with Crippen LogP contribution in [0.2, 0.25) is 0 Å². The summed E-state index contributed by atoms with van der Waals surface area (Å²) in [4.78, 5) is 0. The van der Waals surface area contributed by atoms with Crippen LogP contribution in [-0.4, -0.2) is 0 Å². The second-order valence-electron chi connectivity index (χ2n) is 7.05. The van der Waals surface area contributed by atoms with Crippen molar-refractivity contribution in [1.29, 1.82) is 0 Å². The number of rotatable bonds is 2. The van der Waals surface area contributed by atoms with E-state index >= 15 is 0 Å². The minimum Gasteiger partial charge on any atom is -0.0642 e. The summed E-state index contributed by atoms with van der Waals surface area (Å²) in [7, 11) is 0. The number of hydrogen-bond acceptors (Lipinski definition) is 0. The summed E-state index contributed by atoms with van der Waals surface area (Å²) in [6.07, 6.45) is 4.77. The topological polar surface area (TPSA) is 0 Å². The van der Waals surface area contributed by atoms with Gasteiger partial charge < -0.3 is 0 Å². The molecule has 112 valence electrons. The molecule has 0 amide bonds. The molecule has 0 radical (unpaired) electrons. The highest BCUT2D eigenvalue weighted by Crippen LogP contribution is 2.40. The fourth-order valence-corrected chi connectivity index (χ4v) is 3.16. The Hall–Kier alpha value is -2.08. The van der Waals surface area contributed by atoms with Gasteiger partial charge in [-0.1, -0.05) is 93.1 Å². The Labute approximate surface area is 134 Å². The van der Waals surface area contributed by atoms with E-state index in [1.54, 1.807) is 5.57 Å². The third-order valence-electron chi connectivity index (χ3n) is 4.42. The van der Waals surface area contributed by atoms with Crippen molar-refractivity contribution < 1.29 is 0 Å². The fraction of sp³-hybridized carbons (Fsp3) is 0.273. The van der Waals surface area contributed by atoms with Crippen LogP contribution in [0.4, 0.5) is 0 Å². The molecule has 0 unspecified atom stereocenters. The predicted octanol–water partition coefficient (Wildman–Crippen LogP) is 6.25. The van der Waals surface area contributed by atoms with Crippen LogP contribution in [0.5, 0.6) is 0 Å². The van der Waals surface area contributed by atoms with Gasteiger partial charge in [-0.2, -0.15) is 0 Å². The highest BCUT2D eigenvalue weighted by atomic mass is 14.3. The van der Waals surface area contributed by atoms with Crippen molar-refractivity contribution in [3.05, 3.63) is 89.0 Å². The van der Waals surface area contributed by atoms with E-state index in [9.17, 15) is 0 Å². The van der Waals surface area contributed by atoms with Crippen LogP contribution in [-0.2, 0) is 0 Å². The third kappa shape index (κ3) is 3.06. The SMILES string of the molecule is CC(C)(C)C1=CC(=C(c2ccccc2)c2ccccc2)CC1. The van der Waals surface area contributed by atoms with Gasteiger partial charge in [-0.15, -0.1) is 0 Å². The maximum atomic E-state index is 2.44. The van der Waals surface area contributed by atoms with Gasteiger partial charge in [-0.25, -0.2) is 0 Å². The standard InChI is InChI=1S/C22H24/c1-22(2,3)20-15-14-19(16-20)21(17-10-6-4-7-11-17)18-12-8-5-9-13-18/h4-13,16H,14-15H2,1-3H3. The second-order valence-corrected chi connectivity index (χ2v) is 7.05. The monoisotopic (exact) mass is 288 g/mol. The Balaban J connectivity index is 2.16. The first-order valence-electron chi connectivity index (χ1n) is 8.11. The van der Waals surface area contributed by atoms with Gasteiger partial charge in [0.25, 0.3) is 0 Å². The zero-order chi connectivity index (χ0) is 15.6. The van der Waals surface area contributed by atoms with Gasteiger partial charge in [0.05, 0.1) is 0 Å². The first-order chi connectivity index (χ1) is 10.6. The van der Waals surface area contributed by atoms with Crippen molar-refractivity contribution in [1.82, 2.24) is 0 Å². The van der Waals surface area contributed by atoms with E-state index in [2.05, 4.69) is 87.5 Å². The molecular weight excluding hydrogens is 264 g/mol. The molecule has 0 heteroatoms. The van der Waals surface area contributed by atoms with Crippen molar-refractivity contribution in [3.63, 3.8) is 0 Å². The Morgan fingerprint density at radius 2 is 1.23 bits per heavy atom. The predicted molar refractivity (Wildman–Crippen MR) is 95.7 cm³/mol. The molecule has 0 nitrogen and oxygen atoms in total. The van der Waals surface area contributed by atoms with Gasteiger partial charge >= 0.3 is 0 Å². The lowest BCUT2D eigenvalue weighted by atomic mass is 9.86. The molecule has 0 atom stereocenters. The van der Waals surface area contributed by atoms with Crippen LogP contribution in [0.15, 0.2) is 77.9 Å². The molecule has 1 aliphatic rings. The lowest BCUT2D eigenvalue weighted by Gasteiger charge is -2.19. The average molecular weight is 288 g/mol. The van der Waals surface area contributed by atoms with Gasteiger partial charge in [-0.3, -0.25) is 0 Å². The molecule has 0 heterocycles. The number of hydrogen-bond donors (Lipinski definition) is 0. The summed E-state index contributed by atoms with van der Waals surface area (Å²) >= 11 is 0. The van der Waals surface area contributed by atoms with Gasteiger partial charge in [0, 0.05) is 0 Å². The van der Waals surface area contributed by atoms with Crippen molar-refractivity contribution in [2.24, 2.45) is 5.41 Å². The van der Waals surface area contributed by atoms with Crippen LogP contribution in [0.1, 0.15) is 44.7 Å². The lowest BCUT2D eigenvalue weighted by molar-refractivity contribution is 0.490. The summed E-state index contributed by atoms with van der Waals surface area (Å²) in [6, 6.07) is 21.6. The maximum Gasteiger partial charge on any atom is -0.00792 e. The van der Waals surface area contributed by atoms with Crippen molar-refractivity contribution >= 4 is 5.57 Å². The Morgan fingerprint density at radius 3 is 1.64 bits per heavy atom. The molecular formula is C22H24. The molecule has 1 aliphatic carbocycles. The first-order valence-corrected chi connectivity index (χ1v) is 8.11. The molecule has 22 heavy (non-hydrogen) atoms. The van der Waals surface area contributed by atoms with E-state index in [1.807, 2.05) is 0 Å². The van der Waals surface area contributed by atoms with E-state index in [4.69, 9.17) is 0 Å². The smallest absolute Gasteiger partial charge is 0.00792 e. The quantitative estimate of drug-likeness (QED) is 0.612. The van der Waals surface area contributed by atoms with Gasteiger partial charge in [-0.05, 0) is 40.5 Å². The zero-order valence-electron chi connectivity index (χ0n) is 13.8. The Kier molecular flexibility index (Phi) is 4.02. The molecule has 0 saturated heterocycles.